The summed E-state index contributed by atoms with van der Waals surface area (Å²) in [5.74, 6) is 1.78. The molecule has 0 bridgehead atoms. The number of nitrogen functional groups attached to an aromatic ring is 1. The van der Waals surface area contributed by atoms with Crippen LogP contribution in [0.1, 0.15) is 19.8 Å². The second-order valence-electron chi connectivity index (χ2n) is 4.76. The summed E-state index contributed by atoms with van der Waals surface area (Å²) in [7, 11) is 0. The van der Waals surface area contributed by atoms with Gasteiger partial charge in [-0.3, -0.25) is 0 Å². The number of nitrogens with zero attached hydrogens (tertiary/aromatic N) is 5. The van der Waals surface area contributed by atoms with Gasteiger partial charge in [-0.05, 0) is 25.8 Å². The monoisotopic (exact) mass is 256 g/mol. The summed E-state index contributed by atoms with van der Waals surface area (Å²) in [6, 6.07) is 2.17. The maximum absolute atomic E-state index is 5.64. The molecule has 0 aliphatic carbocycles. The first kappa shape index (κ1) is 11.8. The topological polar surface area (TPSA) is 80.8 Å². The standard InChI is InChI=1S/C13H16N6/c1-9-3-2-6-19(9)13-16-7-10(8-17-13)12-15-5-4-11(14)18-12/h4-5,7-9H,2-3,6H2,1H3,(H2,14,15,18)/t9-/m0/s1. The van der Waals surface area contributed by atoms with Crippen molar-refractivity contribution in [1.29, 1.82) is 0 Å². The summed E-state index contributed by atoms with van der Waals surface area (Å²) in [4.78, 5) is 19.4. The van der Waals surface area contributed by atoms with Crippen LogP contribution in [0.25, 0.3) is 11.4 Å². The molecule has 0 saturated carbocycles. The van der Waals surface area contributed by atoms with Crippen LogP contribution in [0.5, 0.6) is 0 Å². The third kappa shape index (κ3) is 2.33. The van der Waals surface area contributed by atoms with Gasteiger partial charge in [0.2, 0.25) is 5.95 Å². The number of aromatic nitrogens is 4. The molecule has 3 rings (SSSR count). The van der Waals surface area contributed by atoms with Crippen LogP contribution in [0.3, 0.4) is 0 Å². The molecule has 0 radical (unpaired) electrons. The number of anilines is 2. The van der Waals surface area contributed by atoms with E-state index in [9.17, 15) is 0 Å². The first-order valence-corrected chi connectivity index (χ1v) is 6.41. The zero-order chi connectivity index (χ0) is 13.2. The molecule has 1 saturated heterocycles. The molecule has 0 unspecified atom stereocenters. The summed E-state index contributed by atoms with van der Waals surface area (Å²) < 4.78 is 0. The molecule has 2 aromatic rings. The Morgan fingerprint density at radius 1 is 1.26 bits per heavy atom. The highest BCUT2D eigenvalue weighted by atomic mass is 15.3. The highest BCUT2D eigenvalue weighted by Crippen LogP contribution is 2.22. The predicted molar refractivity (Wildman–Crippen MR) is 73.5 cm³/mol. The lowest BCUT2D eigenvalue weighted by molar-refractivity contribution is 0.717. The van der Waals surface area contributed by atoms with E-state index in [4.69, 9.17) is 5.73 Å². The van der Waals surface area contributed by atoms with E-state index in [2.05, 4.69) is 31.8 Å². The van der Waals surface area contributed by atoms with Crippen LogP contribution >= 0.6 is 0 Å². The summed E-state index contributed by atoms with van der Waals surface area (Å²) in [6.07, 6.45) is 7.53. The van der Waals surface area contributed by atoms with Crippen LogP contribution < -0.4 is 10.6 Å². The maximum Gasteiger partial charge on any atom is 0.225 e. The third-order valence-corrected chi connectivity index (χ3v) is 3.38. The zero-order valence-corrected chi connectivity index (χ0v) is 10.8. The molecule has 98 valence electrons. The minimum absolute atomic E-state index is 0.447. The first-order valence-electron chi connectivity index (χ1n) is 6.41. The van der Waals surface area contributed by atoms with Gasteiger partial charge in [0.05, 0.1) is 5.56 Å². The minimum Gasteiger partial charge on any atom is -0.384 e. The van der Waals surface area contributed by atoms with Crippen molar-refractivity contribution in [2.24, 2.45) is 0 Å². The molecule has 2 N–H and O–H groups in total. The van der Waals surface area contributed by atoms with Gasteiger partial charge in [0.15, 0.2) is 5.82 Å². The van der Waals surface area contributed by atoms with Crippen LogP contribution in [0.15, 0.2) is 24.7 Å². The van der Waals surface area contributed by atoms with Crippen molar-refractivity contribution in [2.45, 2.75) is 25.8 Å². The van der Waals surface area contributed by atoms with Gasteiger partial charge >= 0.3 is 0 Å². The SMILES string of the molecule is C[C@H]1CCCN1c1ncc(-c2nccc(N)n2)cn1. The molecule has 0 spiro atoms. The van der Waals surface area contributed by atoms with E-state index in [0.29, 0.717) is 17.7 Å². The fourth-order valence-corrected chi connectivity index (χ4v) is 2.33. The van der Waals surface area contributed by atoms with Crippen molar-refractivity contribution >= 4 is 11.8 Å². The van der Waals surface area contributed by atoms with Crippen LogP contribution in [-0.2, 0) is 0 Å². The normalized spacial score (nSPS) is 18.8. The molecule has 0 amide bonds. The quantitative estimate of drug-likeness (QED) is 0.877. The van der Waals surface area contributed by atoms with Gasteiger partial charge in [0, 0.05) is 31.2 Å². The van der Waals surface area contributed by atoms with Gasteiger partial charge in [-0.2, -0.15) is 0 Å². The van der Waals surface area contributed by atoms with Crippen LogP contribution in [0.4, 0.5) is 11.8 Å². The molecule has 6 heteroatoms. The van der Waals surface area contributed by atoms with Crippen molar-refractivity contribution in [3.05, 3.63) is 24.7 Å². The Balaban J connectivity index is 1.86. The smallest absolute Gasteiger partial charge is 0.225 e. The Morgan fingerprint density at radius 3 is 2.68 bits per heavy atom. The molecule has 0 aromatic carbocycles. The Hall–Kier alpha value is -2.24. The Morgan fingerprint density at radius 2 is 2.05 bits per heavy atom. The molecular formula is C13H16N6. The average Bonchev–Trinajstić information content (AvgIpc) is 2.85. The molecule has 1 aliphatic heterocycles. The fraction of sp³-hybridized carbons (Fsp3) is 0.385. The summed E-state index contributed by atoms with van der Waals surface area (Å²) in [6.45, 7) is 3.22. The van der Waals surface area contributed by atoms with Gasteiger partial charge in [0.1, 0.15) is 5.82 Å². The van der Waals surface area contributed by atoms with E-state index in [-0.39, 0.29) is 0 Å². The van der Waals surface area contributed by atoms with Crippen molar-refractivity contribution < 1.29 is 0 Å². The van der Waals surface area contributed by atoms with E-state index < -0.39 is 0 Å². The largest absolute Gasteiger partial charge is 0.384 e. The lowest BCUT2D eigenvalue weighted by Gasteiger charge is -2.20. The number of hydrogen-bond acceptors (Lipinski definition) is 6. The van der Waals surface area contributed by atoms with E-state index >= 15 is 0 Å². The molecule has 6 nitrogen and oxygen atoms in total. The number of rotatable bonds is 2. The fourth-order valence-electron chi connectivity index (χ4n) is 2.33. The first-order chi connectivity index (χ1) is 9.24. The van der Waals surface area contributed by atoms with Crippen LogP contribution in [0.2, 0.25) is 0 Å². The summed E-state index contributed by atoms with van der Waals surface area (Å²) >= 11 is 0. The molecule has 3 heterocycles. The minimum atomic E-state index is 0.447. The summed E-state index contributed by atoms with van der Waals surface area (Å²) in [5, 5.41) is 0. The summed E-state index contributed by atoms with van der Waals surface area (Å²) in [5.41, 5.74) is 6.42. The average molecular weight is 256 g/mol. The predicted octanol–water partition coefficient (Wildman–Crippen LogP) is 1.50. The molecule has 1 fully saturated rings. The number of nitrogens with two attached hydrogens (primary N) is 1. The lowest BCUT2D eigenvalue weighted by atomic mass is 10.2. The second kappa shape index (κ2) is 4.79. The van der Waals surface area contributed by atoms with E-state index in [0.717, 1.165) is 18.1 Å². The van der Waals surface area contributed by atoms with E-state index in [1.807, 2.05) is 0 Å². The van der Waals surface area contributed by atoms with Crippen LogP contribution in [0, 0.1) is 0 Å². The Bertz CT molecular complexity index is 568. The van der Waals surface area contributed by atoms with Crippen molar-refractivity contribution in [3.63, 3.8) is 0 Å². The molecule has 1 atom stereocenters. The van der Waals surface area contributed by atoms with E-state index in [1.165, 1.54) is 12.8 Å². The van der Waals surface area contributed by atoms with Crippen molar-refractivity contribution in [2.75, 3.05) is 17.2 Å². The van der Waals surface area contributed by atoms with Crippen molar-refractivity contribution in [3.8, 4) is 11.4 Å². The highest BCUT2D eigenvalue weighted by Gasteiger charge is 2.22. The van der Waals surface area contributed by atoms with Gasteiger partial charge in [-0.15, -0.1) is 0 Å². The third-order valence-electron chi connectivity index (χ3n) is 3.38. The Kier molecular flexibility index (Phi) is 2.98. The van der Waals surface area contributed by atoms with Gasteiger partial charge in [-0.1, -0.05) is 0 Å². The molecule has 19 heavy (non-hydrogen) atoms. The number of hydrogen-bond donors (Lipinski definition) is 1. The van der Waals surface area contributed by atoms with Crippen molar-refractivity contribution in [1.82, 2.24) is 19.9 Å². The molecular weight excluding hydrogens is 240 g/mol. The second-order valence-corrected chi connectivity index (χ2v) is 4.76. The van der Waals surface area contributed by atoms with E-state index in [1.54, 1.807) is 24.7 Å². The zero-order valence-electron chi connectivity index (χ0n) is 10.8. The Labute approximate surface area is 111 Å². The van der Waals surface area contributed by atoms with Gasteiger partial charge in [-0.25, -0.2) is 19.9 Å². The molecule has 1 aliphatic rings. The maximum atomic E-state index is 5.64. The molecule has 2 aromatic heterocycles. The van der Waals surface area contributed by atoms with Crippen LogP contribution in [-0.4, -0.2) is 32.5 Å². The highest BCUT2D eigenvalue weighted by molar-refractivity contribution is 5.54. The van der Waals surface area contributed by atoms with Gasteiger partial charge in [0.25, 0.3) is 0 Å². The van der Waals surface area contributed by atoms with Gasteiger partial charge < -0.3 is 10.6 Å². The lowest BCUT2D eigenvalue weighted by Crippen LogP contribution is -2.28.